The number of anilines is 1. The predicted octanol–water partition coefficient (Wildman–Crippen LogP) is 5.12. The van der Waals surface area contributed by atoms with Gasteiger partial charge in [-0.3, -0.25) is 24.5 Å². The zero-order chi connectivity index (χ0) is 34.8. The maximum Gasteiger partial charge on any atom is 0.482 e. The van der Waals surface area contributed by atoms with Crippen molar-refractivity contribution >= 4 is 50.0 Å². The number of sulfone groups is 1. The molecule has 16 heteroatoms. The van der Waals surface area contributed by atoms with E-state index in [-0.39, 0.29) is 34.4 Å². The Kier molecular flexibility index (Phi) is 7.86. The number of aromatic nitrogens is 5. The smallest absolute Gasteiger partial charge is 0.423 e. The van der Waals surface area contributed by atoms with Crippen LogP contribution in [0, 0.1) is 5.92 Å². The van der Waals surface area contributed by atoms with E-state index in [4.69, 9.17) is 27.1 Å². The van der Waals surface area contributed by atoms with Crippen LogP contribution in [0.4, 0.5) is 14.5 Å². The highest BCUT2D eigenvalue weighted by atomic mass is 35.5. The summed E-state index contributed by atoms with van der Waals surface area (Å²) in [7, 11) is -3.52. The van der Waals surface area contributed by atoms with E-state index in [2.05, 4.69) is 15.1 Å². The molecule has 2 amide bonds. The second kappa shape index (κ2) is 11.8. The molecule has 2 aliphatic rings. The molecule has 4 aromatic heterocycles. The molecule has 0 unspecified atom stereocenters. The average Bonchev–Trinajstić information content (AvgIpc) is 3.77. The third-order valence-corrected chi connectivity index (χ3v) is 9.93. The number of nitrogens with zero attached hydrogens (tertiary/aromatic N) is 6. The zero-order valence-electron chi connectivity index (χ0n) is 26.1. The Hall–Kier alpha value is -5.02. The van der Waals surface area contributed by atoms with Crippen LogP contribution in [0.3, 0.4) is 0 Å². The van der Waals surface area contributed by atoms with Crippen molar-refractivity contribution in [2.75, 3.05) is 11.2 Å². The quantitative estimate of drug-likeness (QED) is 0.219. The van der Waals surface area contributed by atoms with Gasteiger partial charge in [0.25, 0.3) is 5.91 Å². The number of hydrogen-bond acceptors (Lipinski definition) is 9. The van der Waals surface area contributed by atoms with Crippen LogP contribution in [-0.2, 0) is 27.6 Å². The summed E-state index contributed by atoms with van der Waals surface area (Å²) in [4.78, 5) is 40.3. The van der Waals surface area contributed by atoms with E-state index in [1.165, 1.54) is 55.0 Å². The minimum Gasteiger partial charge on any atom is -0.423 e. The Morgan fingerprint density at radius 2 is 1.92 bits per heavy atom. The van der Waals surface area contributed by atoms with E-state index in [1.807, 2.05) is 0 Å². The summed E-state index contributed by atoms with van der Waals surface area (Å²) in [6, 6.07) is 9.70. The average molecular weight is 708 g/mol. The van der Waals surface area contributed by atoms with Crippen molar-refractivity contribution in [3.8, 4) is 16.9 Å². The molecular weight excluding hydrogens is 680 g/mol. The Balaban J connectivity index is 1.39. The summed E-state index contributed by atoms with van der Waals surface area (Å²) in [6.45, 7) is 1.50. The topological polar surface area (TPSA) is 163 Å². The van der Waals surface area contributed by atoms with Crippen molar-refractivity contribution in [1.29, 1.82) is 0 Å². The SMILES string of the molecule is C[C@H](c1cc(S(C)(=O)=O)ccn1)n1ncc2c(-c3ccc4c(c3)OC(F)(F)C(=O)N4Cc3ccc(Cl)cn3)c(C(N)=O)c(CC3CC3)nc21. The van der Waals surface area contributed by atoms with Gasteiger partial charge < -0.3 is 10.5 Å². The molecule has 49 heavy (non-hydrogen) atoms. The van der Waals surface area contributed by atoms with E-state index >= 15 is 8.78 Å². The molecule has 0 bridgehead atoms. The largest absolute Gasteiger partial charge is 0.482 e. The number of ether oxygens (including phenoxy) is 1. The molecule has 1 atom stereocenters. The second-order valence-electron chi connectivity index (χ2n) is 12.2. The first-order valence-electron chi connectivity index (χ1n) is 15.2. The molecule has 252 valence electrons. The second-order valence-corrected chi connectivity index (χ2v) is 14.6. The summed E-state index contributed by atoms with van der Waals surface area (Å²) < 4.78 is 61.2. The molecule has 1 saturated carbocycles. The van der Waals surface area contributed by atoms with Gasteiger partial charge in [-0.05, 0) is 74.1 Å². The fourth-order valence-electron chi connectivity index (χ4n) is 5.95. The van der Waals surface area contributed by atoms with Gasteiger partial charge in [-0.2, -0.15) is 13.9 Å². The molecule has 7 rings (SSSR count). The van der Waals surface area contributed by atoms with Crippen molar-refractivity contribution in [3.63, 3.8) is 0 Å². The minimum absolute atomic E-state index is 0.0710. The van der Waals surface area contributed by atoms with Gasteiger partial charge in [-0.15, -0.1) is 0 Å². The first-order valence-corrected chi connectivity index (χ1v) is 17.5. The van der Waals surface area contributed by atoms with E-state index in [0.29, 0.717) is 50.7 Å². The van der Waals surface area contributed by atoms with Crippen LogP contribution in [0.2, 0.25) is 5.02 Å². The maximum absolute atomic E-state index is 15.1. The molecule has 1 fully saturated rings. The summed E-state index contributed by atoms with van der Waals surface area (Å²) in [6.07, 6.45) is 3.48. The summed E-state index contributed by atoms with van der Waals surface area (Å²) in [5.74, 6) is -2.35. The Morgan fingerprint density at radius 3 is 2.59 bits per heavy atom. The van der Waals surface area contributed by atoms with Crippen LogP contribution in [0.5, 0.6) is 5.75 Å². The van der Waals surface area contributed by atoms with Gasteiger partial charge >= 0.3 is 12.0 Å². The first-order chi connectivity index (χ1) is 23.2. The van der Waals surface area contributed by atoms with Crippen molar-refractivity contribution in [3.05, 3.63) is 88.7 Å². The Morgan fingerprint density at radius 1 is 1.14 bits per heavy atom. The first kappa shape index (κ1) is 32.5. The molecule has 1 aliphatic carbocycles. The molecule has 1 aromatic carbocycles. The molecule has 5 heterocycles. The molecule has 5 aromatic rings. The number of alkyl halides is 2. The predicted molar refractivity (Wildman–Crippen MR) is 175 cm³/mol. The summed E-state index contributed by atoms with van der Waals surface area (Å²) >= 11 is 5.92. The molecule has 1 aliphatic heterocycles. The molecule has 0 saturated heterocycles. The van der Waals surface area contributed by atoms with Gasteiger partial charge in [0.2, 0.25) is 0 Å². The van der Waals surface area contributed by atoms with E-state index < -0.39 is 33.8 Å². The summed E-state index contributed by atoms with van der Waals surface area (Å²) in [5, 5.41) is 5.30. The Labute approximate surface area is 283 Å². The van der Waals surface area contributed by atoms with E-state index in [9.17, 15) is 18.0 Å². The van der Waals surface area contributed by atoms with Crippen molar-refractivity contribution < 1.29 is 31.5 Å². The monoisotopic (exact) mass is 707 g/mol. The fourth-order valence-corrected chi connectivity index (χ4v) is 6.71. The number of primary amides is 1. The normalized spacial score (nSPS) is 16.3. The van der Waals surface area contributed by atoms with Crippen molar-refractivity contribution in [2.45, 2.75) is 49.8 Å². The van der Waals surface area contributed by atoms with Gasteiger partial charge in [0.1, 0.15) is 0 Å². The molecule has 2 N–H and O–H groups in total. The van der Waals surface area contributed by atoms with Crippen molar-refractivity contribution in [1.82, 2.24) is 24.7 Å². The standard InChI is InChI=1S/C33H28ClF2N7O5S/c1-17(24-13-22(9-10-38-24)49(2,46)47)43-31-23(15-40-43)28(29(30(37)44)25(41-31)11-18-3-4-18)19-5-8-26-27(12-19)48-33(35,36)32(45)42(26)16-21-7-6-20(34)14-39-21/h5-10,12-15,17-18H,3-4,11,16H2,1-2H3,(H2,37,44)/t17-/m1/s1. The molecular formula is C33H28ClF2N7O5S. The lowest BCUT2D eigenvalue weighted by Crippen LogP contribution is -2.50. The fraction of sp³-hybridized carbons (Fsp3) is 0.273. The minimum atomic E-state index is -4.19. The molecule has 0 radical (unpaired) electrons. The third-order valence-electron chi connectivity index (χ3n) is 8.60. The maximum atomic E-state index is 15.1. The number of fused-ring (bicyclic) bond motifs is 2. The lowest BCUT2D eigenvalue weighted by molar-refractivity contribution is -0.193. The number of nitrogens with two attached hydrogens (primary N) is 1. The lowest BCUT2D eigenvalue weighted by atomic mass is 9.93. The number of amides is 2. The number of hydrogen-bond donors (Lipinski definition) is 1. The highest BCUT2D eigenvalue weighted by Crippen LogP contribution is 2.45. The number of carbonyl (C=O) groups excluding carboxylic acids is 2. The van der Waals surface area contributed by atoms with Gasteiger partial charge in [0, 0.05) is 29.6 Å². The summed E-state index contributed by atoms with van der Waals surface area (Å²) in [5.41, 5.74) is 8.27. The van der Waals surface area contributed by atoms with Crippen LogP contribution in [0.25, 0.3) is 22.2 Å². The molecule has 12 nitrogen and oxygen atoms in total. The van der Waals surface area contributed by atoms with E-state index in [0.717, 1.165) is 24.0 Å². The van der Waals surface area contributed by atoms with Crippen LogP contribution < -0.4 is 15.4 Å². The Bertz CT molecular complexity index is 2280. The zero-order valence-corrected chi connectivity index (χ0v) is 27.7. The number of pyridine rings is 3. The highest BCUT2D eigenvalue weighted by Gasteiger charge is 2.50. The van der Waals surface area contributed by atoms with Gasteiger partial charge in [0.15, 0.2) is 21.2 Å². The highest BCUT2D eigenvalue weighted by molar-refractivity contribution is 7.90. The van der Waals surface area contributed by atoms with Crippen molar-refractivity contribution in [2.24, 2.45) is 11.7 Å². The molecule has 0 spiro atoms. The number of carbonyl (C=O) groups is 2. The van der Waals surface area contributed by atoms with Gasteiger partial charge in [-0.1, -0.05) is 17.7 Å². The van der Waals surface area contributed by atoms with Crippen LogP contribution >= 0.6 is 11.6 Å². The third kappa shape index (κ3) is 6.08. The lowest BCUT2D eigenvalue weighted by Gasteiger charge is -2.33. The van der Waals surface area contributed by atoms with Crippen LogP contribution in [-0.4, -0.2) is 57.3 Å². The van der Waals surface area contributed by atoms with Crippen LogP contribution in [0.1, 0.15) is 53.2 Å². The number of benzene rings is 1. The van der Waals surface area contributed by atoms with E-state index in [1.54, 1.807) is 17.7 Å². The van der Waals surface area contributed by atoms with Gasteiger partial charge in [-0.25, -0.2) is 18.1 Å². The van der Waals surface area contributed by atoms with Gasteiger partial charge in [0.05, 0.1) is 57.0 Å². The number of halogens is 3. The number of rotatable bonds is 9. The van der Waals surface area contributed by atoms with Crippen LogP contribution in [0.15, 0.2) is 66.0 Å².